The van der Waals surface area contributed by atoms with E-state index in [9.17, 15) is 4.79 Å². The predicted octanol–water partition coefficient (Wildman–Crippen LogP) is 3.48. The highest BCUT2D eigenvalue weighted by Crippen LogP contribution is 2.17. The molecule has 0 unspecified atom stereocenters. The molecule has 2 aromatic carbocycles. The van der Waals surface area contributed by atoms with E-state index in [2.05, 4.69) is 44.7 Å². The van der Waals surface area contributed by atoms with E-state index in [0.717, 1.165) is 18.4 Å². The molecule has 3 rings (SSSR count). The number of hydrogen-bond donors (Lipinski definition) is 1. The van der Waals surface area contributed by atoms with E-state index in [1.807, 2.05) is 44.4 Å². The number of carbonyl (C=O) groups is 1. The van der Waals surface area contributed by atoms with Gasteiger partial charge in [-0.1, -0.05) is 30.3 Å². The summed E-state index contributed by atoms with van der Waals surface area (Å²) in [4.78, 5) is 14.1. The maximum Gasteiger partial charge on any atom is 0.247 e. The third-order valence-electron chi connectivity index (χ3n) is 4.47. The summed E-state index contributed by atoms with van der Waals surface area (Å²) in [7, 11) is 4.06. The Labute approximate surface area is 165 Å². The number of rotatable bonds is 9. The fourth-order valence-electron chi connectivity index (χ4n) is 2.84. The van der Waals surface area contributed by atoms with E-state index in [1.54, 1.807) is 0 Å². The van der Waals surface area contributed by atoms with Crippen LogP contribution in [-0.2, 0) is 17.6 Å². The van der Waals surface area contributed by atoms with Crippen molar-refractivity contribution in [3.05, 3.63) is 66.1 Å². The smallest absolute Gasteiger partial charge is 0.247 e. The van der Waals surface area contributed by atoms with Crippen LogP contribution in [0.25, 0.3) is 11.5 Å². The standard InChI is InChI=1S/C22H26N4O2/c1-26(2)19-12-10-17(11-13-19)7-6-16-23-20(27)14-15-21-24-25-22(28-21)18-8-4-3-5-9-18/h3-5,8-13H,6-7,14-16H2,1-2H3,(H,23,27). The quantitative estimate of drug-likeness (QED) is 0.577. The van der Waals surface area contributed by atoms with Gasteiger partial charge in [-0.05, 0) is 42.7 Å². The normalized spacial score (nSPS) is 10.6. The van der Waals surface area contributed by atoms with Crippen molar-refractivity contribution in [3.8, 4) is 11.5 Å². The lowest BCUT2D eigenvalue weighted by atomic mass is 10.1. The number of aryl methyl sites for hydroxylation is 2. The van der Waals surface area contributed by atoms with Gasteiger partial charge in [-0.25, -0.2) is 0 Å². The number of nitrogens with zero attached hydrogens (tertiary/aromatic N) is 3. The van der Waals surface area contributed by atoms with E-state index in [1.165, 1.54) is 11.3 Å². The Kier molecular flexibility index (Phi) is 6.78. The Morgan fingerprint density at radius 2 is 1.75 bits per heavy atom. The van der Waals surface area contributed by atoms with Crippen LogP contribution in [0.1, 0.15) is 24.3 Å². The monoisotopic (exact) mass is 378 g/mol. The maximum absolute atomic E-state index is 12.0. The van der Waals surface area contributed by atoms with Gasteiger partial charge in [-0.2, -0.15) is 0 Å². The second kappa shape index (κ2) is 9.69. The van der Waals surface area contributed by atoms with Crippen molar-refractivity contribution < 1.29 is 9.21 Å². The van der Waals surface area contributed by atoms with Gasteiger partial charge in [-0.3, -0.25) is 4.79 Å². The molecule has 0 radical (unpaired) electrons. The molecule has 0 bridgehead atoms. The molecule has 28 heavy (non-hydrogen) atoms. The van der Waals surface area contributed by atoms with Crippen LogP contribution in [0, 0.1) is 0 Å². The Morgan fingerprint density at radius 3 is 2.46 bits per heavy atom. The minimum absolute atomic E-state index is 0.00224. The molecule has 6 nitrogen and oxygen atoms in total. The van der Waals surface area contributed by atoms with Gasteiger partial charge in [0.1, 0.15) is 0 Å². The predicted molar refractivity (Wildman–Crippen MR) is 110 cm³/mol. The molecule has 0 saturated carbocycles. The van der Waals surface area contributed by atoms with E-state index in [-0.39, 0.29) is 5.91 Å². The molecule has 1 amide bonds. The molecule has 0 saturated heterocycles. The lowest BCUT2D eigenvalue weighted by molar-refractivity contribution is -0.121. The summed E-state index contributed by atoms with van der Waals surface area (Å²) < 4.78 is 5.62. The number of aromatic nitrogens is 2. The summed E-state index contributed by atoms with van der Waals surface area (Å²) in [5.74, 6) is 0.966. The lowest BCUT2D eigenvalue weighted by Crippen LogP contribution is -2.25. The molecule has 3 aromatic rings. The van der Waals surface area contributed by atoms with E-state index in [0.29, 0.717) is 31.2 Å². The summed E-state index contributed by atoms with van der Waals surface area (Å²) in [5, 5.41) is 11.0. The van der Waals surface area contributed by atoms with Gasteiger partial charge in [0.25, 0.3) is 0 Å². The molecular weight excluding hydrogens is 352 g/mol. The number of benzene rings is 2. The molecular formula is C22H26N4O2. The van der Waals surface area contributed by atoms with Crippen molar-refractivity contribution in [1.82, 2.24) is 15.5 Å². The van der Waals surface area contributed by atoms with Crippen LogP contribution in [0.15, 0.2) is 59.0 Å². The van der Waals surface area contributed by atoms with E-state index >= 15 is 0 Å². The minimum Gasteiger partial charge on any atom is -0.421 e. The van der Waals surface area contributed by atoms with E-state index < -0.39 is 0 Å². The molecule has 1 heterocycles. The Balaban J connectivity index is 1.35. The van der Waals surface area contributed by atoms with Crippen LogP contribution in [0.3, 0.4) is 0 Å². The first kappa shape index (κ1) is 19.6. The third-order valence-corrected chi connectivity index (χ3v) is 4.47. The molecule has 146 valence electrons. The second-order valence-corrected chi connectivity index (χ2v) is 6.88. The van der Waals surface area contributed by atoms with Crippen molar-refractivity contribution in [2.75, 3.05) is 25.5 Å². The van der Waals surface area contributed by atoms with Crippen LogP contribution in [0.2, 0.25) is 0 Å². The number of carbonyl (C=O) groups excluding carboxylic acids is 1. The highest BCUT2D eigenvalue weighted by atomic mass is 16.4. The molecule has 0 fully saturated rings. The molecule has 1 N–H and O–H groups in total. The number of nitrogens with one attached hydrogen (secondary N) is 1. The molecule has 6 heteroatoms. The molecule has 0 aliphatic heterocycles. The van der Waals surface area contributed by atoms with Gasteiger partial charge in [0, 0.05) is 44.7 Å². The van der Waals surface area contributed by atoms with Crippen LogP contribution < -0.4 is 10.2 Å². The van der Waals surface area contributed by atoms with Crippen LogP contribution in [-0.4, -0.2) is 36.7 Å². The van der Waals surface area contributed by atoms with Gasteiger partial charge in [0.2, 0.25) is 17.7 Å². The zero-order valence-electron chi connectivity index (χ0n) is 16.4. The fourth-order valence-corrected chi connectivity index (χ4v) is 2.84. The summed E-state index contributed by atoms with van der Waals surface area (Å²) in [5.41, 5.74) is 3.34. The topological polar surface area (TPSA) is 71.3 Å². The Hall–Kier alpha value is -3.15. The summed E-state index contributed by atoms with van der Waals surface area (Å²) in [6, 6.07) is 18.1. The van der Waals surface area contributed by atoms with Crippen molar-refractivity contribution in [2.24, 2.45) is 0 Å². The SMILES string of the molecule is CN(C)c1ccc(CCCNC(=O)CCc2nnc(-c3ccccc3)o2)cc1. The summed E-state index contributed by atoms with van der Waals surface area (Å²) >= 11 is 0. The zero-order chi connectivity index (χ0) is 19.8. The fraction of sp³-hybridized carbons (Fsp3) is 0.318. The highest BCUT2D eigenvalue weighted by Gasteiger charge is 2.10. The van der Waals surface area contributed by atoms with Crippen LogP contribution in [0.5, 0.6) is 0 Å². The van der Waals surface area contributed by atoms with Gasteiger partial charge in [0.05, 0.1) is 0 Å². The minimum atomic E-state index is 0.00224. The molecule has 1 aromatic heterocycles. The summed E-state index contributed by atoms with van der Waals surface area (Å²) in [6.07, 6.45) is 2.63. The van der Waals surface area contributed by atoms with Crippen molar-refractivity contribution >= 4 is 11.6 Å². The second-order valence-electron chi connectivity index (χ2n) is 6.88. The Morgan fingerprint density at radius 1 is 1.00 bits per heavy atom. The summed E-state index contributed by atoms with van der Waals surface area (Å²) in [6.45, 7) is 0.660. The first-order chi connectivity index (χ1) is 13.6. The van der Waals surface area contributed by atoms with Crippen molar-refractivity contribution in [2.45, 2.75) is 25.7 Å². The molecule has 0 spiro atoms. The maximum atomic E-state index is 12.0. The van der Waals surface area contributed by atoms with Crippen molar-refractivity contribution in [3.63, 3.8) is 0 Å². The Bertz CT molecular complexity index is 873. The molecule has 0 aliphatic rings. The average Bonchev–Trinajstić information content (AvgIpc) is 3.20. The molecule has 0 atom stereocenters. The van der Waals surface area contributed by atoms with Gasteiger partial charge in [0.15, 0.2) is 0 Å². The van der Waals surface area contributed by atoms with E-state index in [4.69, 9.17) is 4.42 Å². The van der Waals surface area contributed by atoms with Gasteiger partial charge in [-0.15, -0.1) is 10.2 Å². The lowest BCUT2D eigenvalue weighted by Gasteiger charge is -2.12. The average molecular weight is 378 g/mol. The number of anilines is 1. The molecule has 0 aliphatic carbocycles. The van der Waals surface area contributed by atoms with Gasteiger partial charge < -0.3 is 14.6 Å². The number of hydrogen-bond acceptors (Lipinski definition) is 5. The largest absolute Gasteiger partial charge is 0.421 e. The van der Waals surface area contributed by atoms with Crippen LogP contribution in [0.4, 0.5) is 5.69 Å². The van der Waals surface area contributed by atoms with Crippen LogP contribution >= 0.6 is 0 Å². The third kappa shape index (κ3) is 5.67. The number of amides is 1. The first-order valence-corrected chi connectivity index (χ1v) is 9.52. The zero-order valence-corrected chi connectivity index (χ0v) is 16.4. The highest BCUT2D eigenvalue weighted by molar-refractivity contribution is 5.75. The van der Waals surface area contributed by atoms with Crippen molar-refractivity contribution in [1.29, 1.82) is 0 Å². The first-order valence-electron chi connectivity index (χ1n) is 9.52. The van der Waals surface area contributed by atoms with Gasteiger partial charge >= 0.3 is 0 Å².